The van der Waals surface area contributed by atoms with E-state index in [-0.39, 0.29) is 6.04 Å². The van der Waals surface area contributed by atoms with Gasteiger partial charge in [-0.3, -0.25) is 0 Å². The van der Waals surface area contributed by atoms with Crippen molar-refractivity contribution >= 4 is 22.9 Å². The first-order chi connectivity index (χ1) is 9.60. The van der Waals surface area contributed by atoms with Crippen LogP contribution in [-0.4, -0.2) is 11.5 Å². The summed E-state index contributed by atoms with van der Waals surface area (Å²) in [5, 5.41) is 7.70. The van der Waals surface area contributed by atoms with E-state index in [1.165, 1.54) is 16.1 Å². The number of benzene rings is 1. The minimum Gasteiger partial charge on any atom is -0.310 e. The van der Waals surface area contributed by atoms with Crippen LogP contribution < -0.4 is 5.32 Å². The van der Waals surface area contributed by atoms with Gasteiger partial charge in [-0.05, 0) is 50.1 Å². The van der Waals surface area contributed by atoms with Crippen molar-refractivity contribution in [1.82, 2.24) is 10.3 Å². The Morgan fingerprint density at radius 1 is 1.35 bits per heavy atom. The van der Waals surface area contributed by atoms with Crippen molar-refractivity contribution in [2.24, 2.45) is 0 Å². The Morgan fingerprint density at radius 3 is 2.80 bits per heavy atom. The summed E-state index contributed by atoms with van der Waals surface area (Å²) < 4.78 is 0. The molecule has 1 heterocycles. The number of hydrogen-bond acceptors (Lipinski definition) is 3. The molecular formula is C16H21ClN2S. The van der Waals surface area contributed by atoms with Crippen molar-refractivity contribution in [1.29, 1.82) is 0 Å². The van der Waals surface area contributed by atoms with Crippen LogP contribution in [0.4, 0.5) is 0 Å². The molecule has 4 heteroatoms. The van der Waals surface area contributed by atoms with Gasteiger partial charge in [0.05, 0.1) is 5.01 Å². The van der Waals surface area contributed by atoms with Crippen molar-refractivity contribution in [3.63, 3.8) is 0 Å². The number of nitrogens with zero attached hydrogens (tertiary/aromatic N) is 1. The standard InChI is InChI=1S/C16H21ClN2S/c1-4-7-18-15(9-16-19-12(3)10-20-16)14-8-13(17)6-5-11(14)2/h5-6,8,10,15,18H,4,7,9H2,1-3H3. The molecule has 0 aliphatic carbocycles. The predicted molar refractivity (Wildman–Crippen MR) is 87.8 cm³/mol. The van der Waals surface area contributed by atoms with Crippen LogP contribution in [0.2, 0.25) is 5.02 Å². The molecule has 2 rings (SSSR count). The maximum absolute atomic E-state index is 6.16. The lowest BCUT2D eigenvalue weighted by atomic mass is 9.99. The van der Waals surface area contributed by atoms with E-state index in [4.69, 9.17) is 11.6 Å². The number of thiazole rings is 1. The Kier molecular flexibility index (Phi) is 5.58. The Balaban J connectivity index is 2.24. The molecule has 1 unspecified atom stereocenters. The molecule has 0 amide bonds. The lowest BCUT2D eigenvalue weighted by Gasteiger charge is -2.20. The largest absolute Gasteiger partial charge is 0.310 e. The van der Waals surface area contributed by atoms with Gasteiger partial charge in [0.2, 0.25) is 0 Å². The first-order valence-electron chi connectivity index (χ1n) is 7.00. The fourth-order valence-electron chi connectivity index (χ4n) is 2.27. The van der Waals surface area contributed by atoms with Crippen molar-refractivity contribution in [3.05, 3.63) is 50.4 Å². The number of hydrogen-bond donors (Lipinski definition) is 1. The average molecular weight is 309 g/mol. The van der Waals surface area contributed by atoms with Crippen molar-refractivity contribution in [2.75, 3.05) is 6.54 Å². The van der Waals surface area contributed by atoms with E-state index in [1.807, 2.05) is 13.0 Å². The summed E-state index contributed by atoms with van der Waals surface area (Å²) in [6.07, 6.45) is 2.03. The zero-order valence-corrected chi connectivity index (χ0v) is 13.8. The van der Waals surface area contributed by atoms with Crippen LogP contribution in [0.25, 0.3) is 0 Å². The monoisotopic (exact) mass is 308 g/mol. The van der Waals surface area contributed by atoms with Gasteiger partial charge in [0.15, 0.2) is 0 Å². The van der Waals surface area contributed by atoms with E-state index in [2.05, 4.69) is 41.7 Å². The van der Waals surface area contributed by atoms with Gasteiger partial charge in [0.25, 0.3) is 0 Å². The third-order valence-electron chi connectivity index (χ3n) is 3.30. The van der Waals surface area contributed by atoms with Crippen LogP contribution in [-0.2, 0) is 6.42 Å². The maximum atomic E-state index is 6.16. The molecule has 1 aromatic heterocycles. The van der Waals surface area contributed by atoms with E-state index < -0.39 is 0 Å². The van der Waals surface area contributed by atoms with Crippen molar-refractivity contribution in [2.45, 2.75) is 39.7 Å². The highest BCUT2D eigenvalue weighted by Crippen LogP contribution is 2.26. The molecule has 0 aliphatic heterocycles. The van der Waals surface area contributed by atoms with E-state index >= 15 is 0 Å². The minimum atomic E-state index is 0.277. The van der Waals surface area contributed by atoms with Gasteiger partial charge in [-0.2, -0.15) is 0 Å². The van der Waals surface area contributed by atoms with Gasteiger partial charge in [-0.1, -0.05) is 24.6 Å². The van der Waals surface area contributed by atoms with E-state index in [1.54, 1.807) is 11.3 Å². The summed E-state index contributed by atoms with van der Waals surface area (Å²) >= 11 is 7.89. The van der Waals surface area contributed by atoms with Gasteiger partial charge in [-0.25, -0.2) is 4.98 Å². The second kappa shape index (κ2) is 7.21. The summed E-state index contributed by atoms with van der Waals surface area (Å²) in [5.41, 5.74) is 3.65. The van der Waals surface area contributed by atoms with Crippen LogP contribution in [0.5, 0.6) is 0 Å². The fraction of sp³-hybridized carbons (Fsp3) is 0.438. The Morgan fingerprint density at radius 2 is 2.15 bits per heavy atom. The molecule has 0 saturated heterocycles. The highest BCUT2D eigenvalue weighted by Gasteiger charge is 2.16. The first-order valence-corrected chi connectivity index (χ1v) is 8.26. The molecule has 0 saturated carbocycles. The normalized spacial score (nSPS) is 12.6. The molecule has 1 N–H and O–H groups in total. The smallest absolute Gasteiger partial charge is 0.0947 e. The van der Waals surface area contributed by atoms with Crippen LogP contribution in [0.15, 0.2) is 23.6 Å². The maximum Gasteiger partial charge on any atom is 0.0947 e. The van der Waals surface area contributed by atoms with E-state index in [9.17, 15) is 0 Å². The Bertz CT molecular complexity index is 565. The molecule has 0 bridgehead atoms. The van der Waals surface area contributed by atoms with Gasteiger partial charge in [0.1, 0.15) is 0 Å². The minimum absolute atomic E-state index is 0.277. The molecule has 1 atom stereocenters. The van der Waals surface area contributed by atoms with E-state index in [0.29, 0.717) is 0 Å². The molecule has 0 aliphatic rings. The molecule has 1 aromatic carbocycles. The fourth-order valence-corrected chi connectivity index (χ4v) is 3.27. The zero-order chi connectivity index (χ0) is 14.5. The first kappa shape index (κ1) is 15.5. The summed E-state index contributed by atoms with van der Waals surface area (Å²) in [4.78, 5) is 4.58. The number of rotatable bonds is 6. The number of halogens is 1. The number of aromatic nitrogens is 1. The SMILES string of the molecule is CCCNC(Cc1nc(C)cs1)c1cc(Cl)ccc1C. The summed E-state index contributed by atoms with van der Waals surface area (Å²) in [6, 6.07) is 6.39. The molecule has 0 spiro atoms. The Hall–Kier alpha value is -0.900. The van der Waals surface area contributed by atoms with Crippen LogP contribution >= 0.6 is 22.9 Å². The summed E-state index contributed by atoms with van der Waals surface area (Å²) in [6.45, 7) is 7.36. The average Bonchev–Trinajstić information content (AvgIpc) is 2.83. The lowest BCUT2D eigenvalue weighted by molar-refractivity contribution is 0.526. The molecule has 0 fully saturated rings. The summed E-state index contributed by atoms with van der Waals surface area (Å²) in [5.74, 6) is 0. The zero-order valence-electron chi connectivity index (χ0n) is 12.2. The molecule has 2 nitrogen and oxygen atoms in total. The highest BCUT2D eigenvalue weighted by atomic mass is 35.5. The van der Waals surface area contributed by atoms with Crippen molar-refractivity contribution in [3.8, 4) is 0 Å². The van der Waals surface area contributed by atoms with Crippen LogP contribution in [0, 0.1) is 13.8 Å². The van der Waals surface area contributed by atoms with Gasteiger partial charge in [0, 0.05) is 28.6 Å². The third kappa shape index (κ3) is 4.05. The van der Waals surface area contributed by atoms with Gasteiger partial charge < -0.3 is 5.32 Å². The molecule has 20 heavy (non-hydrogen) atoms. The molecular weight excluding hydrogens is 288 g/mol. The van der Waals surface area contributed by atoms with Gasteiger partial charge >= 0.3 is 0 Å². The molecule has 2 aromatic rings. The number of nitrogens with one attached hydrogen (secondary N) is 1. The topological polar surface area (TPSA) is 24.9 Å². The van der Waals surface area contributed by atoms with Crippen LogP contribution in [0.3, 0.4) is 0 Å². The molecule has 108 valence electrons. The van der Waals surface area contributed by atoms with E-state index in [0.717, 1.165) is 30.1 Å². The quantitative estimate of drug-likeness (QED) is 0.837. The van der Waals surface area contributed by atoms with Crippen molar-refractivity contribution < 1.29 is 0 Å². The second-order valence-corrected chi connectivity index (χ2v) is 6.47. The van der Waals surface area contributed by atoms with Crippen LogP contribution in [0.1, 0.15) is 41.2 Å². The molecule has 0 radical (unpaired) electrons. The lowest BCUT2D eigenvalue weighted by Crippen LogP contribution is -2.24. The number of aryl methyl sites for hydroxylation is 2. The summed E-state index contributed by atoms with van der Waals surface area (Å²) in [7, 11) is 0. The Labute approximate surface area is 130 Å². The van der Waals surface area contributed by atoms with Gasteiger partial charge in [-0.15, -0.1) is 11.3 Å². The highest BCUT2D eigenvalue weighted by molar-refractivity contribution is 7.09. The second-order valence-electron chi connectivity index (χ2n) is 5.09. The predicted octanol–water partition coefficient (Wildman–Crippen LogP) is 4.70. The third-order valence-corrected chi connectivity index (χ3v) is 4.53.